The van der Waals surface area contributed by atoms with Crippen LogP contribution in [-0.4, -0.2) is 47.9 Å². The number of hydrogen-bond acceptors (Lipinski definition) is 6. The molecule has 0 unspecified atom stereocenters. The van der Waals surface area contributed by atoms with Crippen LogP contribution in [0.25, 0.3) is 0 Å². The number of amides is 2. The highest BCUT2D eigenvalue weighted by molar-refractivity contribution is 5.95. The van der Waals surface area contributed by atoms with Crippen molar-refractivity contribution in [1.29, 1.82) is 0 Å². The SMILES string of the molecule is Cc1cnc(CNC(=O)c2cn3c(n2)[C@@H](C)N(C(=O)c2cccc(O)c2)CC3)cn1. The summed E-state index contributed by atoms with van der Waals surface area (Å²) in [6, 6.07) is 5.97. The van der Waals surface area contributed by atoms with Gasteiger partial charge in [-0.15, -0.1) is 0 Å². The molecule has 0 saturated heterocycles. The van der Waals surface area contributed by atoms with Crippen LogP contribution in [-0.2, 0) is 13.1 Å². The minimum atomic E-state index is -0.308. The van der Waals surface area contributed by atoms with Crippen molar-refractivity contribution >= 4 is 11.8 Å². The van der Waals surface area contributed by atoms with Gasteiger partial charge in [-0.3, -0.25) is 19.6 Å². The van der Waals surface area contributed by atoms with Crippen molar-refractivity contribution in [2.45, 2.75) is 33.0 Å². The number of imidazole rings is 1. The first-order valence-electron chi connectivity index (χ1n) is 9.65. The predicted octanol–water partition coefficient (Wildman–Crippen LogP) is 1.83. The Morgan fingerprint density at radius 2 is 2.07 bits per heavy atom. The van der Waals surface area contributed by atoms with Gasteiger partial charge in [0, 0.05) is 31.0 Å². The van der Waals surface area contributed by atoms with Crippen LogP contribution in [0.4, 0.5) is 0 Å². The highest BCUT2D eigenvalue weighted by atomic mass is 16.3. The van der Waals surface area contributed by atoms with Gasteiger partial charge in [0.05, 0.1) is 30.2 Å². The third-order valence-corrected chi connectivity index (χ3v) is 5.08. The molecule has 1 aliphatic rings. The standard InChI is InChI=1S/C21H22N6O3/c1-13-9-23-16(10-22-13)11-24-20(29)18-12-26-6-7-27(14(2)19(26)25-18)21(30)15-4-3-5-17(28)8-15/h3-5,8-10,12,14,28H,6-7,11H2,1-2H3,(H,24,29)/t14-/m1/s1. The summed E-state index contributed by atoms with van der Waals surface area (Å²) in [4.78, 5) is 40.0. The molecular formula is C21H22N6O3. The Kier molecular flexibility index (Phi) is 5.18. The zero-order valence-corrected chi connectivity index (χ0v) is 16.7. The molecule has 0 saturated carbocycles. The summed E-state index contributed by atoms with van der Waals surface area (Å²) in [5.41, 5.74) is 2.18. The summed E-state index contributed by atoms with van der Waals surface area (Å²) in [5, 5.41) is 12.5. The van der Waals surface area contributed by atoms with E-state index in [-0.39, 0.29) is 30.2 Å². The first-order chi connectivity index (χ1) is 14.4. The molecule has 2 N–H and O–H groups in total. The number of fused-ring (bicyclic) bond motifs is 1. The highest BCUT2D eigenvalue weighted by Gasteiger charge is 2.31. The molecule has 1 atom stereocenters. The number of carbonyl (C=O) groups is 2. The molecular weight excluding hydrogens is 384 g/mol. The number of rotatable bonds is 4. The van der Waals surface area contributed by atoms with Crippen molar-refractivity contribution in [1.82, 2.24) is 29.7 Å². The normalized spacial score (nSPS) is 15.5. The van der Waals surface area contributed by atoms with E-state index in [9.17, 15) is 14.7 Å². The Labute approximate surface area is 173 Å². The number of aromatic hydroxyl groups is 1. The van der Waals surface area contributed by atoms with Gasteiger partial charge in [0.1, 0.15) is 17.3 Å². The van der Waals surface area contributed by atoms with Gasteiger partial charge in [-0.1, -0.05) is 6.07 Å². The maximum absolute atomic E-state index is 12.9. The lowest BCUT2D eigenvalue weighted by Crippen LogP contribution is -2.41. The molecule has 4 rings (SSSR count). The number of hydrogen-bond donors (Lipinski definition) is 2. The second kappa shape index (κ2) is 7.94. The summed E-state index contributed by atoms with van der Waals surface area (Å²) in [6.07, 6.45) is 4.98. The van der Waals surface area contributed by atoms with Gasteiger partial charge in [-0.25, -0.2) is 4.98 Å². The zero-order chi connectivity index (χ0) is 21.3. The molecule has 0 radical (unpaired) electrons. The Hall–Kier alpha value is -3.75. The maximum atomic E-state index is 12.9. The van der Waals surface area contributed by atoms with Crippen LogP contribution in [0, 0.1) is 6.92 Å². The average molecular weight is 406 g/mol. The minimum Gasteiger partial charge on any atom is -0.508 e. The highest BCUT2D eigenvalue weighted by Crippen LogP contribution is 2.27. The van der Waals surface area contributed by atoms with E-state index in [0.29, 0.717) is 35.9 Å². The predicted molar refractivity (Wildman–Crippen MR) is 108 cm³/mol. The van der Waals surface area contributed by atoms with Crippen molar-refractivity contribution in [2.75, 3.05) is 6.54 Å². The first-order valence-corrected chi connectivity index (χ1v) is 9.65. The summed E-state index contributed by atoms with van der Waals surface area (Å²) in [6.45, 7) is 5.00. The van der Waals surface area contributed by atoms with Gasteiger partial charge in [-0.05, 0) is 32.0 Å². The van der Waals surface area contributed by atoms with E-state index < -0.39 is 0 Å². The fraction of sp³-hybridized carbons (Fsp3) is 0.286. The zero-order valence-electron chi connectivity index (χ0n) is 16.7. The molecule has 154 valence electrons. The Bertz CT molecular complexity index is 1090. The van der Waals surface area contributed by atoms with Crippen molar-refractivity contribution < 1.29 is 14.7 Å². The van der Waals surface area contributed by atoms with Crippen molar-refractivity contribution in [3.8, 4) is 5.75 Å². The Morgan fingerprint density at radius 3 is 2.80 bits per heavy atom. The van der Waals surface area contributed by atoms with Crippen LogP contribution in [0.2, 0.25) is 0 Å². The Morgan fingerprint density at radius 1 is 1.23 bits per heavy atom. The van der Waals surface area contributed by atoms with Crippen molar-refractivity contribution in [2.24, 2.45) is 0 Å². The number of aryl methyl sites for hydroxylation is 1. The summed E-state index contributed by atoms with van der Waals surface area (Å²) in [7, 11) is 0. The van der Waals surface area contributed by atoms with E-state index in [1.54, 1.807) is 35.6 Å². The van der Waals surface area contributed by atoms with Crippen LogP contribution in [0.1, 0.15) is 51.0 Å². The number of aromatic nitrogens is 4. The summed E-state index contributed by atoms with van der Waals surface area (Å²) < 4.78 is 1.90. The van der Waals surface area contributed by atoms with Crippen LogP contribution >= 0.6 is 0 Å². The molecule has 0 fully saturated rings. The molecule has 1 aliphatic heterocycles. The van der Waals surface area contributed by atoms with Crippen LogP contribution in [0.3, 0.4) is 0 Å². The van der Waals surface area contributed by atoms with E-state index in [4.69, 9.17) is 0 Å². The molecule has 3 heterocycles. The lowest BCUT2D eigenvalue weighted by Gasteiger charge is -2.33. The molecule has 9 nitrogen and oxygen atoms in total. The monoisotopic (exact) mass is 406 g/mol. The molecule has 2 aromatic heterocycles. The summed E-state index contributed by atoms with van der Waals surface area (Å²) >= 11 is 0. The topological polar surface area (TPSA) is 113 Å². The molecule has 2 amide bonds. The second-order valence-corrected chi connectivity index (χ2v) is 7.23. The van der Waals surface area contributed by atoms with E-state index in [1.165, 1.54) is 12.1 Å². The van der Waals surface area contributed by atoms with Crippen LogP contribution < -0.4 is 5.32 Å². The number of nitrogens with one attached hydrogen (secondary N) is 1. The number of nitrogens with zero attached hydrogens (tertiary/aromatic N) is 5. The van der Waals surface area contributed by atoms with Gasteiger partial charge in [-0.2, -0.15) is 0 Å². The third kappa shape index (κ3) is 3.86. The van der Waals surface area contributed by atoms with Gasteiger partial charge in [0.15, 0.2) is 0 Å². The number of phenolic OH excluding ortho intramolecular Hbond substituents is 1. The first kappa shape index (κ1) is 19.6. The quantitative estimate of drug-likeness (QED) is 0.683. The lowest BCUT2D eigenvalue weighted by molar-refractivity contribution is 0.0637. The number of carbonyl (C=O) groups excluding carboxylic acids is 2. The molecule has 30 heavy (non-hydrogen) atoms. The Balaban J connectivity index is 1.47. The molecule has 3 aromatic rings. The molecule has 1 aromatic carbocycles. The maximum Gasteiger partial charge on any atom is 0.271 e. The van der Waals surface area contributed by atoms with E-state index in [0.717, 1.165) is 5.69 Å². The van der Waals surface area contributed by atoms with Gasteiger partial charge < -0.3 is 19.9 Å². The second-order valence-electron chi connectivity index (χ2n) is 7.23. The van der Waals surface area contributed by atoms with E-state index >= 15 is 0 Å². The summed E-state index contributed by atoms with van der Waals surface area (Å²) in [5.74, 6) is 0.202. The molecule has 0 bridgehead atoms. The molecule has 0 spiro atoms. The molecule has 0 aliphatic carbocycles. The van der Waals surface area contributed by atoms with E-state index in [2.05, 4.69) is 20.3 Å². The third-order valence-electron chi connectivity index (χ3n) is 5.08. The lowest BCUT2D eigenvalue weighted by atomic mass is 10.1. The molecule has 9 heteroatoms. The van der Waals surface area contributed by atoms with Gasteiger partial charge in [0.25, 0.3) is 11.8 Å². The van der Waals surface area contributed by atoms with Crippen LogP contribution in [0.5, 0.6) is 5.75 Å². The number of benzene rings is 1. The van der Waals surface area contributed by atoms with E-state index in [1.807, 2.05) is 18.4 Å². The van der Waals surface area contributed by atoms with Gasteiger partial charge >= 0.3 is 0 Å². The largest absolute Gasteiger partial charge is 0.508 e. The fourth-order valence-corrected chi connectivity index (χ4v) is 3.45. The van der Waals surface area contributed by atoms with Gasteiger partial charge in [0.2, 0.25) is 0 Å². The number of phenols is 1. The van der Waals surface area contributed by atoms with Crippen LogP contribution in [0.15, 0.2) is 42.9 Å². The van der Waals surface area contributed by atoms with Crippen molar-refractivity contribution in [3.63, 3.8) is 0 Å². The smallest absolute Gasteiger partial charge is 0.271 e. The minimum absolute atomic E-state index is 0.0456. The average Bonchev–Trinajstić information content (AvgIpc) is 3.18. The van der Waals surface area contributed by atoms with Crippen molar-refractivity contribution in [3.05, 3.63) is 71.3 Å². The fourth-order valence-electron chi connectivity index (χ4n) is 3.45.